The van der Waals surface area contributed by atoms with Gasteiger partial charge in [0.2, 0.25) is 0 Å². The summed E-state index contributed by atoms with van der Waals surface area (Å²) < 4.78 is 11.5. The van der Waals surface area contributed by atoms with E-state index in [1.807, 2.05) is 6.07 Å². The van der Waals surface area contributed by atoms with E-state index in [0.717, 1.165) is 37.6 Å². The smallest absolute Gasteiger partial charge is 0.323 e. The fourth-order valence-electron chi connectivity index (χ4n) is 5.35. The lowest BCUT2D eigenvalue weighted by Crippen LogP contribution is -2.69. The Bertz CT molecular complexity index is 717. The van der Waals surface area contributed by atoms with Gasteiger partial charge in [-0.05, 0) is 67.8 Å². The summed E-state index contributed by atoms with van der Waals surface area (Å²) in [6.07, 6.45) is 5.24. The molecule has 1 aromatic carbocycles. The third kappa shape index (κ3) is 2.32. The van der Waals surface area contributed by atoms with Gasteiger partial charge in [-0.1, -0.05) is 6.07 Å². The molecule has 5 rings (SSSR count). The number of rotatable bonds is 3. The maximum Gasteiger partial charge on any atom is 0.323 e. The Morgan fingerprint density at radius 3 is 3.00 bits per heavy atom. The molecule has 4 atom stereocenters. The summed E-state index contributed by atoms with van der Waals surface area (Å²) in [5.74, 6) is 1.48. The van der Waals surface area contributed by atoms with Gasteiger partial charge in [0.1, 0.15) is 17.9 Å². The molecule has 0 radical (unpaired) electrons. The van der Waals surface area contributed by atoms with E-state index in [-0.39, 0.29) is 23.5 Å². The number of carbonyl (C=O) groups is 1. The zero-order chi connectivity index (χ0) is 17.2. The molecule has 0 amide bonds. The number of likely N-dealkylation sites (tertiary alicyclic amines) is 1. The minimum Gasteiger partial charge on any atom is -0.497 e. The fourth-order valence-corrected chi connectivity index (χ4v) is 5.35. The van der Waals surface area contributed by atoms with E-state index >= 15 is 0 Å². The minimum absolute atomic E-state index is 0.0769. The average molecular weight is 342 g/mol. The molecule has 2 heterocycles. The topological polar surface area (TPSA) is 64.8 Å². The van der Waals surface area contributed by atoms with Crippen molar-refractivity contribution in [3.05, 3.63) is 29.3 Å². The zero-order valence-electron chi connectivity index (χ0n) is 14.7. The SMILES string of the molecule is COc1ccc2c(c1)[C@@]13CCN(CC4CC4)[C@@H](C2)C1OC(=O)C(N)C3. The molecule has 1 saturated carbocycles. The summed E-state index contributed by atoms with van der Waals surface area (Å²) in [4.78, 5) is 14.8. The van der Waals surface area contributed by atoms with Crippen LogP contribution in [0.5, 0.6) is 5.75 Å². The summed E-state index contributed by atoms with van der Waals surface area (Å²) in [6, 6.07) is 6.16. The van der Waals surface area contributed by atoms with Crippen LogP contribution in [0.15, 0.2) is 18.2 Å². The first-order valence-electron chi connectivity index (χ1n) is 9.48. The van der Waals surface area contributed by atoms with Crippen molar-refractivity contribution < 1.29 is 14.3 Å². The summed E-state index contributed by atoms with van der Waals surface area (Å²) in [7, 11) is 1.70. The Hall–Kier alpha value is -1.59. The summed E-state index contributed by atoms with van der Waals surface area (Å²) in [5, 5.41) is 0. The molecule has 5 heteroatoms. The van der Waals surface area contributed by atoms with Gasteiger partial charge >= 0.3 is 5.97 Å². The van der Waals surface area contributed by atoms with Crippen molar-refractivity contribution in [2.75, 3.05) is 20.2 Å². The van der Waals surface area contributed by atoms with Crippen LogP contribution in [0, 0.1) is 5.92 Å². The molecular formula is C20H26N2O3. The second-order valence-electron chi connectivity index (χ2n) is 8.31. The predicted octanol–water partition coefficient (Wildman–Crippen LogP) is 1.62. The molecule has 2 bridgehead atoms. The zero-order valence-corrected chi connectivity index (χ0v) is 14.7. The second-order valence-corrected chi connectivity index (χ2v) is 8.31. The first-order valence-corrected chi connectivity index (χ1v) is 9.48. The van der Waals surface area contributed by atoms with Crippen molar-refractivity contribution in [3.8, 4) is 5.75 Å². The van der Waals surface area contributed by atoms with Crippen molar-refractivity contribution in [3.63, 3.8) is 0 Å². The number of ether oxygens (including phenoxy) is 2. The molecule has 134 valence electrons. The normalized spacial score (nSPS) is 37.0. The molecule has 5 nitrogen and oxygen atoms in total. The molecular weight excluding hydrogens is 316 g/mol. The van der Waals surface area contributed by atoms with Crippen LogP contribution in [-0.4, -0.2) is 49.3 Å². The summed E-state index contributed by atoms with van der Waals surface area (Å²) in [5.41, 5.74) is 8.66. The number of methoxy groups -OCH3 is 1. The molecule has 3 fully saturated rings. The number of carbonyl (C=O) groups excluding carboxylic acids is 1. The highest BCUT2D eigenvalue weighted by Gasteiger charge is 2.59. The Kier molecular flexibility index (Phi) is 3.41. The number of fused-ring (bicyclic) bond motifs is 1. The monoisotopic (exact) mass is 342 g/mol. The fraction of sp³-hybridized carbons (Fsp3) is 0.650. The van der Waals surface area contributed by atoms with E-state index in [9.17, 15) is 4.79 Å². The van der Waals surface area contributed by atoms with Gasteiger partial charge in [-0.15, -0.1) is 0 Å². The Morgan fingerprint density at radius 1 is 1.40 bits per heavy atom. The number of piperidine rings is 1. The van der Waals surface area contributed by atoms with Crippen LogP contribution in [0.2, 0.25) is 0 Å². The molecule has 2 saturated heterocycles. The number of esters is 1. The molecule has 2 unspecified atom stereocenters. The first kappa shape index (κ1) is 15.6. The van der Waals surface area contributed by atoms with Gasteiger partial charge in [-0.3, -0.25) is 9.69 Å². The molecule has 25 heavy (non-hydrogen) atoms. The Balaban J connectivity index is 1.60. The minimum atomic E-state index is -0.524. The standard InChI is InChI=1S/C20H26N2O3/c1-24-14-5-4-13-8-17-18-20(15(13)9-14,10-16(21)19(23)25-18)6-7-22(17)11-12-2-3-12/h4-5,9,12,16-18H,2-3,6-8,10-11,21H2,1H3/t16?,17-,18?,20-/m0/s1. The van der Waals surface area contributed by atoms with E-state index in [2.05, 4.69) is 17.0 Å². The van der Waals surface area contributed by atoms with Gasteiger partial charge in [0, 0.05) is 12.0 Å². The number of benzene rings is 1. The van der Waals surface area contributed by atoms with Crippen LogP contribution in [0.3, 0.4) is 0 Å². The maximum absolute atomic E-state index is 12.3. The van der Waals surface area contributed by atoms with Crippen molar-refractivity contribution >= 4 is 5.97 Å². The van der Waals surface area contributed by atoms with E-state index < -0.39 is 6.04 Å². The van der Waals surface area contributed by atoms with Crippen molar-refractivity contribution in [2.45, 2.75) is 55.7 Å². The third-order valence-electron chi connectivity index (χ3n) is 6.81. The van der Waals surface area contributed by atoms with Gasteiger partial charge < -0.3 is 15.2 Å². The van der Waals surface area contributed by atoms with Crippen LogP contribution in [0.25, 0.3) is 0 Å². The highest BCUT2D eigenvalue weighted by molar-refractivity contribution is 5.77. The van der Waals surface area contributed by atoms with Gasteiger partial charge in [-0.2, -0.15) is 0 Å². The average Bonchev–Trinajstić information content (AvgIpc) is 3.42. The van der Waals surface area contributed by atoms with Crippen LogP contribution in [0.1, 0.15) is 36.8 Å². The highest BCUT2D eigenvalue weighted by atomic mass is 16.5. The Labute approximate surface area is 148 Å². The van der Waals surface area contributed by atoms with E-state index in [1.54, 1.807) is 7.11 Å². The van der Waals surface area contributed by atoms with E-state index in [0.29, 0.717) is 6.42 Å². The summed E-state index contributed by atoms with van der Waals surface area (Å²) in [6.45, 7) is 2.21. The van der Waals surface area contributed by atoms with E-state index in [4.69, 9.17) is 15.2 Å². The number of nitrogens with zero attached hydrogens (tertiary/aromatic N) is 1. The van der Waals surface area contributed by atoms with Crippen LogP contribution in [-0.2, 0) is 21.4 Å². The molecule has 0 spiro atoms. The van der Waals surface area contributed by atoms with Crippen molar-refractivity contribution in [2.24, 2.45) is 11.7 Å². The second kappa shape index (κ2) is 5.45. The lowest BCUT2D eigenvalue weighted by Gasteiger charge is -2.58. The van der Waals surface area contributed by atoms with Gasteiger partial charge in [0.05, 0.1) is 13.2 Å². The molecule has 0 aromatic heterocycles. The molecule has 2 aliphatic heterocycles. The lowest BCUT2D eigenvalue weighted by atomic mass is 9.58. The summed E-state index contributed by atoms with van der Waals surface area (Å²) >= 11 is 0. The molecule has 4 aliphatic rings. The number of hydrogen-bond donors (Lipinski definition) is 1. The molecule has 1 aromatic rings. The van der Waals surface area contributed by atoms with Gasteiger partial charge in [0.25, 0.3) is 0 Å². The maximum atomic E-state index is 12.3. The highest BCUT2D eigenvalue weighted by Crippen LogP contribution is 2.52. The van der Waals surface area contributed by atoms with Crippen molar-refractivity contribution in [1.82, 2.24) is 4.90 Å². The van der Waals surface area contributed by atoms with Crippen LogP contribution >= 0.6 is 0 Å². The molecule has 2 N–H and O–H groups in total. The Morgan fingerprint density at radius 2 is 2.24 bits per heavy atom. The van der Waals surface area contributed by atoms with Crippen LogP contribution in [0.4, 0.5) is 0 Å². The molecule has 2 aliphatic carbocycles. The van der Waals surface area contributed by atoms with E-state index in [1.165, 1.54) is 24.0 Å². The predicted molar refractivity (Wildman–Crippen MR) is 93.6 cm³/mol. The largest absolute Gasteiger partial charge is 0.497 e. The third-order valence-corrected chi connectivity index (χ3v) is 6.81. The quantitative estimate of drug-likeness (QED) is 0.846. The lowest BCUT2D eigenvalue weighted by molar-refractivity contribution is -0.178. The number of hydrogen-bond acceptors (Lipinski definition) is 5. The first-order chi connectivity index (χ1) is 12.1. The number of nitrogens with two attached hydrogens (primary N) is 1. The van der Waals surface area contributed by atoms with Crippen molar-refractivity contribution in [1.29, 1.82) is 0 Å². The van der Waals surface area contributed by atoms with Gasteiger partial charge in [0.15, 0.2) is 0 Å². The van der Waals surface area contributed by atoms with Gasteiger partial charge in [-0.25, -0.2) is 0 Å². The van der Waals surface area contributed by atoms with Crippen LogP contribution < -0.4 is 10.5 Å².